The molecule has 1 N–H and O–H groups in total. The molecule has 0 radical (unpaired) electrons. The third kappa shape index (κ3) is 3.54. The van der Waals surface area contributed by atoms with Crippen molar-refractivity contribution in [3.8, 4) is 5.75 Å². The van der Waals surface area contributed by atoms with Gasteiger partial charge in [0.1, 0.15) is 11.3 Å². The number of nitro groups is 1. The van der Waals surface area contributed by atoms with E-state index in [1.807, 2.05) is 0 Å². The van der Waals surface area contributed by atoms with Crippen LogP contribution in [-0.4, -0.2) is 60.8 Å². The molecule has 3 aromatic rings. The minimum atomic E-state index is -0.455. The fourth-order valence-corrected chi connectivity index (χ4v) is 4.89. The molecule has 3 heterocycles. The smallest absolute Gasteiger partial charge is 0.341 e. The van der Waals surface area contributed by atoms with E-state index in [-0.39, 0.29) is 12.3 Å². The minimum absolute atomic E-state index is 0.0905. The number of ether oxygens (including phenoxy) is 3. The normalized spacial score (nSPS) is 15.1. The van der Waals surface area contributed by atoms with Crippen LogP contribution in [0, 0.1) is 10.1 Å². The molecule has 1 aromatic carbocycles. The van der Waals surface area contributed by atoms with Gasteiger partial charge in [0, 0.05) is 29.9 Å². The maximum absolute atomic E-state index is 12.8. The molecule has 4 rings (SSSR count). The molecule has 1 saturated heterocycles. The number of fused-ring (bicyclic) bond motifs is 3. The van der Waals surface area contributed by atoms with Crippen molar-refractivity contribution in [2.75, 3.05) is 40.0 Å². The first-order valence-electron chi connectivity index (χ1n) is 9.30. The van der Waals surface area contributed by atoms with Gasteiger partial charge in [0.2, 0.25) is 0 Å². The Labute approximate surface area is 170 Å². The molecule has 0 aliphatic carbocycles. The summed E-state index contributed by atoms with van der Waals surface area (Å²) in [4.78, 5) is 30.1. The summed E-state index contributed by atoms with van der Waals surface area (Å²) in [6.07, 6.45) is 0. The van der Waals surface area contributed by atoms with Gasteiger partial charge in [0.15, 0.2) is 0 Å². The Kier molecular flexibility index (Phi) is 5.39. The molecule has 0 bridgehead atoms. The average molecular weight is 419 g/mol. The predicted molar refractivity (Wildman–Crippen MR) is 109 cm³/mol. The lowest BCUT2D eigenvalue weighted by Gasteiger charge is -2.26. The Balaban J connectivity index is 1.91. The molecule has 2 aromatic heterocycles. The number of nitrogens with one attached hydrogen (secondary N) is 1. The van der Waals surface area contributed by atoms with E-state index in [1.54, 1.807) is 13.0 Å². The molecule has 10 heteroatoms. The second kappa shape index (κ2) is 7.97. The van der Waals surface area contributed by atoms with Crippen LogP contribution < -0.4 is 4.74 Å². The highest BCUT2D eigenvalue weighted by Crippen LogP contribution is 2.42. The van der Waals surface area contributed by atoms with Crippen molar-refractivity contribution in [2.45, 2.75) is 13.5 Å². The standard InChI is InChI=1S/C19H21N3O6S/c1-3-28-19(23)15-14(10-21-4-6-27-7-5-21)29-18-12-8-11(26-2)9-13(22(24)25)16(12)20-17(15)18/h8-9,20H,3-7,10H2,1-2H3. The summed E-state index contributed by atoms with van der Waals surface area (Å²) < 4.78 is 16.7. The second-order valence-corrected chi connectivity index (χ2v) is 7.77. The maximum Gasteiger partial charge on any atom is 0.341 e. The second-order valence-electron chi connectivity index (χ2n) is 6.66. The van der Waals surface area contributed by atoms with Crippen molar-refractivity contribution in [2.24, 2.45) is 0 Å². The number of benzene rings is 1. The lowest BCUT2D eigenvalue weighted by atomic mass is 10.2. The molecule has 0 atom stereocenters. The van der Waals surface area contributed by atoms with Crippen LogP contribution >= 0.6 is 11.3 Å². The van der Waals surface area contributed by atoms with Gasteiger partial charge in [0.05, 0.1) is 53.7 Å². The van der Waals surface area contributed by atoms with Crippen molar-refractivity contribution in [1.82, 2.24) is 9.88 Å². The zero-order valence-electron chi connectivity index (χ0n) is 16.1. The van der Waals surface area contributed by atoms with Crippen molar-refractivity contribution in [3.05, 3.63) is 32.7 Å². The van der Waals surface area contributed by atoms with Crippen LogP contribution in [0.4, 0.5) is 5.69 Å². The van der Waals surface area contributed by atoms with Gasteiger partial charge in [-0.25, -0.2) is 4.79 Å². The number of non-ortho nitro benzene ring substituents is 1. The van der Waals surface area contributed by atoms with Crippen LogP contribution in [-0.2, 0) is 16.0 Å². The Bertz CT molecular complexity index is 1080. The molecule has 1 fully saturated rings. The number of aromatic amines is 1. The van der Waals surface area contributed by atoms with Gasteiger partial charge in [0.25, 0.3) is 5.69 Å². The van der Waals surface area contributed by atoms with Crippen LogP contribution in [0.2, 0.25) is 0 Å². The molecule has 0 amide bonds. The molecular formula is C19H21N3O6S. The number of methoxy groups -OCH3 is 1. The largest absolute Gasteiger partial charge is 0.496 e. The number of H-pyrrole nitrogens is 1. The highest BCUT2D eigenvalue weighted by molar-refractivity contribution is 7.20. The van der Waals surface area contributed by atoms with Crippen LogP contribution in [0.1, 0.15) is 22.2 Å². The summed E-state index contributed by atoms with van der Waals surface area (Å²) in [6, 6.07) is 3.13. The van der Waals surface area contributed by atoms with E-state index >= 15 is 0 Å². The molecule has 0 spiro atoms. The number of aromatic nitrogens is 1. The molecular weight excluding hydrogens is 398 g/mol. The summed E-state index contributed by atoms with van der Waals surface area (Å²) in [6.45, 7) is 5.49. The summed E-state index contributed by atoms with van der Waals surface area (Å²) in [5, 5.41) is 12.2. The molecule has 0 unspecified atom stereocenters. The highest BCUT2D eigenvalue weighted by Gasteiger charge is 2.28. The first-order chi connectivity index (χ1) is 14.0. The first-order valence-corrected chi connectivity index (χ1v) is 10.1. The Hall–Kier alpha value is -2.69. The van der Waals surface area contributed by atoms with Gasteiger partial charge in [-0.1, -0.05) is 0 Å². The van der Waals surface area contributed by atoms with E-state index in [9.17, 15) is 14.9 Å². The number of rotatable bonds is 6. The summed E-state index contributed by atoms with van der Waals surface area (Å²) in [7, 11) is 1.47. The van der Waals surface area contributed by atoms with E-state index in [2.05, 4.69) is 9.88 Å². The maximum atomic E-state index is 12.8. The third-order valence-corrected chi connectivity index (χ3v) is 6.16. The lowest BCUT2D eigenvalue weighted by Crippen LogP contribution is -2.35. The fourth-order valence-electron chi connectivity index (χ4n) is 3.58. The number of carbonyl (C=O) groups excluding carboxylic acids is 1. The van der Waals surface area contributed by atoms with Crippen LogP contribution in [0.15, 0.2) is 12.1 Å². The zero-order chi connectivity index (χ0) is 20.5. The Morgan fingerprint density at radius 1 is 1.34 bits per heavy atom. The molecule has 9 nitrogen and oxygen atoms in total. The van der Waals surface area contributed by atoms with Gasteiger partial charge < -0.3 is 19.2 Å². The minimum Gasteiger partial charge on any atom is -0.496 e. The van der Waals surface area contributed by atoms with E-state index in [1.165, 1.54) is 24.5 Å². The fraction of sp³-hybridized carbons (Fsp3) is 0.421. The van der Waals surface area contributed by atoms with E-state index in [0.29, 0.717) is 47.5 Å². The Morgan fingerprint density at radius 2 is 2.10 bits per heavy atom. The van der Waals surface area contributed by atoms with Gasteiger partial charge in [-0.2, -0.15) is 0 Å². The zero-order valence-corrected chi connectivity index (χ0v) is 17.0. The van der Waals surface area contributed by atoms with Gasteiger partial charge in [-0.05, 0) is 13.0 Å². The Morgan fingerprint density at radius 3 is 2.76 bits per heavy atom. The summed E-state index contributed by atoms with van der Waals surface area (Å²) >= 11 is 1.45. The van der Waals surface area contributed by atoms with E-state index in [0.717, 1.165) is 22.7 Å². The lowest BCUT2D eigenvalue weighted by molar-refractivity contribution is -0.383. The van der Waals surface area contributed by atoms with Gasteiger partial charge >= 0.3 is 5.97 Å². The van der Waals surface area contributed by atoms with Crippen LogP contribution in [0.5, 0.6) is 5.75 Å². The molecule has 29 heavy (non-hydrogen) atoms. The van der Waals surface area contributed by atoms with Crippen LogP contribution in [0.25, 0.3) is 21.1 Å². The number of esters is 1. The van der Waals surface area contributed by atoms with Crippen molar-refractivity contribution < 1.29 is 23.9 Å². The molecule has 154 valence electrons. The quantitative estimate of drug-likeness (QED) is 0.371. The molecule has 0 saturated carbocycles. The first kappa shape index (κ1) is 19.6. The van der Waals surface area contributed by atoms with E-state index < -0.39 is 10.9 Å². The topological polar surface area (TPSA) is 107 Å². The number of hydrogen-bond donors (Lipinski definition) is 1. The van der Waals surface area contributed by atoms with E-state index in [4.69, 9.17) is 14.2 Å². The highest BCUT2D eigenvalue weighted by atomic mass is 32.1. The number of thiophene rings is 1. The summed E-state index contributed by atoms with van der Waals surface area (Å²) in [5.74, 6) is -0.0332. The van der Waals surface area contributed by atoms with Gasteiger partial charge in [-0.15, -0.1) is 11.3 Å². The third-order valence-electron chi connectivity index (χ3n) is 4.95. The summed E-state index contributed by atoms with van der Waals surface area (Å²) in [5.41, 5.74) is 1.30. The van der Waals surface area contributed by atoms with Gasteiger partial charge in [-0.3, -0.25) is 15.0 Å². The average Bonchev–Trinajstić information content (AvgIpc) is 3.23. The molecule has 1 aliphatic rings. The SMILES string of the molecule is CCOC(=O)c1c(CN2CCOCC2)sc2c1[nH]c1c([N+](=O)[O-])cc(OC)cc12. The van der Waals surface area contributed by atoms with Crippen LogP contribution in [0.3, 0.4) is 0 Å². The van der Waals surface area contributed by atoms with Crippen molar-refractivity contribution >= 4 is 44.1 Å². The monoisotopic (exact) mass is 419 g/mol. The predicted octanol–water partition coefficient (Wildman–Crippen LogP) is 3.31. The number of carbonyl (C=O) groups is 1. The van der Waals surface area contributed by atoms with Crippen molar-refractivity contribution in [1.29, 1.82) is 0 Å². The number of nitro benzene ring substituents is 1. The van der Waals surface area contributed by atoms with Crippen molar-refractivity contribution in [3.63, 3.8) is 0 Å². The number of morpholine rings is 1. The number of hydrogen-bond acceptors (Lipinski definition) is 8. The molecule has 1 aliphatic heterocycles. The number of nitrogens with zero attached hydrogens (tertiary/aromatic N) is 2.